The SMILES string of the molecule is C=CCc1c(OC)ccc2c(=O)n(C3CC3)cc(-c3cccc(F)c3)c12. The van der Waals surface area contributed by atoms with E-state index in [0.29, 0.717) is 17.6 Å². The minimum Gasteiger partial charge on any atom is -0.496 e. The summed E-state index contributed by atoms with van der Waals surface area (Å²) in [5, 5.41) is 1.45. The molecule has 132 valence electrons. The number of hydrogen-bond acceptors (Lipinski definition) is 2. The van der Waals surface area contributed by atoms with Crippen molar-refractivity contribution in [2.45, 2.75) is 25.3 Å². The predicted octanol–water partition coefficient (Wildman–Crippen LogP) is 4.88. The Morgan fingerprint density at radius 3 is 2.77 bits per heavy atom. The van der Waals surface area contributed by atoms with E-state index in [4.69, 9.17) is 4.74 Å². The smallest absolute Gasteiger partial charge is 0.258 e. The first kappa shape index (κ1) is 16.6. The first-order valence-electron chi connectivity index (χ1n) is 8.75. The second kappa shape index (κ2) is 6.45. The summed E-state index contributed by atoms with van der Waals surface area (Å²) in [5.41, 5.74) is 2.50. The maximum atomic E-state index is 13.9. The molecule has 0 spiro atoms. The second-order valence-electron chi connectivity index (χ2n) is 6.66. The minimum absolute atomic E-state index is 0.00406. The zero-order chi connectivity index (χ0) is 18.3. The van der Waals surface area contributed by atoms with Crippen molar-refractivity contribution in [3.8, 4) is 16.9 Å². The van der Waals surface area contributed by atoms with Crippen LogP contribution in [0.5, 0.6) is 5.75 Å². The molecule has 2 aromatic carbocycles. The largest absolute Gasteiger partial charge is 0.496 e. The van der Waals surface area contributed by atoms with Crippen molar-refractivity contribution in [3.05, 3.63) is 77.0 Å². The molecule has 0 N–H and O–H groups in total. The van der Waals surface area contributed by atoms with Gasteiger partial charge in [-0.1, -0.05) is 18.2 Å². The molecule has 1 fully saturated rings. The number of pyridine rings is 1. The van der Waals surface area contributed by atoms with Crippen LogP contribution in [0.1, 0.15) is 24.4 Å². The van der Waals surface area contributed by atoms with Gasteiger partial charge in [0.1, 0.15) is 11.6 Å². The number of ether oxygens (including phenoxy) is 1. The van der Waals surface area contributed by atoms with Crippen molar-refractivity contribution >= 4 is 10.8 Å². The van der Waals surface area contributed by atoms with Crippen LogP contribution in [-0.4, -0.2) is 11.7 Å². The van der Waals surface area contributed by atoms with Crippen molar-refractivity contribution in [2.75, 3.05) is 7.11 Å². The summed E-state index contributed by atoms with van der Waals surface area (Å²) >= 11 is 0. The van der Waals surface area contributed by atoms with Gasteiger partial charge >= 0.3 is 0 Å². The Morgan fingerprint density at radius 2 is 2.12 bits per heavy atom. The van der Waals surface area contributed by atoms with Gasteiger partial charge in [0.25, 0.3) is 5.56 Å². The summed E-state index contributed by atoms with van der Waals surface area (Å²) in [5.74, 6) is 0.409. The molecule has 3 nitrogen and oxygen atoms in total. The van der Waals surface area contributed by atoms with Gasteiger partial charge in [-0.3, -0.25) is 4.79 Å². The van der Waals surface area contributed by atoms with Crippen LogP contribution in [0.2, 0.25) is 0 Å². The average molecular weight is 349 g/mol. The fourth-order valence-corrected chi connectivity index (χ4v) is 3.55. The molecule has 1 aliphatic rings. The zero-order valence-electron chi connectivity index (χ0n) is 14.7. The van der Waals surface area contributed by atoms with E-state index in [-0.39, 0.29) is 17.4 Å². The van der Waals surface area contributed by atoms with Gasteiger partial charge in [0.05, 0.1) is 7.11 Å². The molecule has 0 bridgehead atoms. The molecule has 0 amide bonds. The predicted molar refractivity (Wildman–Crippen MR) is 102 cm³/mol. The Hall–Kier alpha value is -2.88. The van der Waals surface area contributed by atoms with Gasteiger partial charge in [-0.25, -0.2) is 4.39 Å². The maximum absolute atomic E-state index is 13.9. The van der Waals surface area contributed by atoms with E-state index in [1.165, 1.54) is 12.1 Å². The van der Waals surface area contributed by atoms with E-state index in [1.54, 1.807) is 23.8 Å². The molecule has 1 heterocycles. The van der Waals surface area contributed by atoms with E-state index in [0.717, 1.165) is 34.9 Å². The Kier molecular flexibility index (Phi) is 4.11. The van der Waals surface area contributed by atoms with Crippen LogP contribution in [0.25, 0.3) is 21.9 Å². The Morgan fingerprint density at radius 1 is 1.31 bits per heavy atom. The van der Waals surface area contributed by atoms with Crippen molar-refractivity contribution in [2.24, 2.45) is 0 Å². The molecular formula is C22H20FNO2. The lowest BCUT2D eigenvalue weighted by Gasteiger charge is -2.17. The lowest BCUT2D eigenvalue weighted by Crippen LogP contribution is -2.19. The highest BCUT2D eigenvalue weighted by atomic mass is 19.1. The summed E-state index contributed by atoms with van der Waals surface area (Å²) in [7, 11) is 1.61. The summed E-state index contributed by atoms with van der Waals surface area (Å²) in [6.45, 7) is 3.83. The van der Waals surface area contributed by atoms with Gasteiger partial charge < -0.3 is 9.30 Å². The van der Waals surface area contributed by atoms with Crippen molar-refractivity contribution in [1.82, 2.24) is 4.57 Å². The van der Waals surface area contributed by atoms with E-state index in [2.05, 4.69) is 6.58 Å². The van der Waals surface area contributed by atoms with Gasteiger partial charge in [0.2, 0.25) is 0 Å². The van der Waals surface area contributed by atoms with Crippen LogP contribution in [0.15, 0.2) is 60.0 Å². The Labute approximate surface area is 151 Å². The highest BCUT2D eigenvalue weighted by Gasteiger charge is 2.27. The van der Waals surface area contributed by atoms with Crippen LogP contribution in [-0.2, 0) is 6.42 Å². The van der Waals surface area contributed by atoms with Crippen molar-refractivity contribution in [3.63, 3.8) is 0 Å². The summed E-state index contributed by atoms with van der Waals surface area (Å²) in [6, 6.07) is 10.4. The minimum atomic E-state index is -0.298. The number of benzene rings is 2. The number of halogens is 1. The van der Waals surface area contributed by atoms with Crippen LogP contribution >= 0.6 is 0 Å². The molecular weight excluding hydrogens is 329 g/mol. The highest BCUT2D eigenvalue weighted by Crippen LogP contribution is 2.39. The first-order chi connectivity index (χ1) is 12.6. The first-order valence-corrected chi connectivity index (χ1v) is 8.75. The lowest BCUT2D eigenvalue weighted by atomic mass is 9.94. The van der Waals surface area contributed by atoms with Gasteiger partial charge in [-0.05, 0) is 49.1 Å². The van der Waals surface area contributed by atoms with Gasteiger partial charge in [-0.2, -0.15) is 0 Å². The topological polar surface area (TPSA) is 31.2 Å². The van der Waals surface area contributed by atoms with E-state index < -0.39 is 0 Å². The number of rotatable bonds is 5. The Bertz CT molecular complexity index is 1060. The molecule has 0 unspecified atom stereocenters. The number of aromatic nitrogens is 1. The molecule has 1 aliphatic carbocycles. The third-order valence-corrected chi connectivity index (χ3v) is 4.92. The van der Waals surface area contributed by atoms with Crippen LogP contribution in [0, 0.1) is 5.82 Å². The van der Waals surface area contributed by atoms with Crippen LogP contribution < -0.4 is 10.3 Å². The third kappa shape index (κ3) is 2.71. The molecule has 1 saturated carbocycles. The van der Waals surface area contributed by atoms with Crippen molar-refractivity contribution < 1.29 is 9.13 Å². The molecule has 0 atom stereocenters. The van der Waals surface area contributed by atoms with Gasteiger partial charge in [-0.15, -0.1) is 6.58 Å². The summed E-state index contributed by atoms with van der Waals surface area (Å²) in [4.78, 5) is 13.0. The number of methoxy groups -OCH3 is 1. The second-order valence-corrected chi connectivity index (χ2v) is 6.66. The molecule has 4 heteroatoms. The fraction of sp³-hybridized carbons (Fsp3) is 0.227. The monoisotopic (exact) mass is 349 g/mol. The van der Waals surface area contributed by atoms with E-state index in [9.17, 15) is 9.18 Å². The zero-order valence-corrected chi connectivity index (χ0v) is 14.7. The molecule has 3 aromatic rings. The molecule has 4 rings (SSSR count). The standard InChI is InChI=1S/C22H20FNO2/c1-3-5-17-20(26-2)11-10-18-21(17)19(14-6-4-7-15(23)12-14)13-24(22(18)25)16-8-9-16/h3-4,6-7,10-13,16H,1,5,8-9H2,2H3. The normalized spacial score (nSPS) is 13.8. The quantitative estimate of drug-likeness (QED) is 0.615. The summed E-state index contributed by atoms with van der Waals surface area (Å²) < 4.78 is 21.2. The highest BCUT2D eigenvalue weighted by molar-refractivity contribution is 5.99. The van der Waals surface area contributed by atoms with Gasteiger partial charge in [0.15, 0.2) is 0 Å². The number of fused-ring (bicyclic) bond motifs is 1. The van der Waals surface area contributed by atoms with Crippen LogP contribution in [0.4, 0.5) is 4.39 Å². The van der Waals surface area contributed by atoms with Crippen molar-refractivity contribution in [1.29, 1.82) is 0 Å². The van der Waals surface area contributed by atoms with Gasteiger partial charge in [0, 0.05) is 34.1 Å². The molecule has 1 aromatic heterocycles. The number of hydrogen-bond donors (Lipinski definition) is 0. The van der Waals surface area contributed by atoms with E-state index >= 15 is 0 Å². The molecule has 0 saturated heterocycles. The number of nitrogens with zero attached hydrogens (tertiary/aromatic N) is 1. The third-order valence-electron chi connectivity index (χ3n) is 4.92. The Balaban J connectivity index is 2.14. The maximum Gasteiger partial charge on any atom is 0.258 e. The molecule has 0 radical (unpaired) electrons. The lowest BCUT2D eigenvalue weighted by molar-refractivity contribution is 0.411. The fourth-order valence-electron chi connectivity index (χ4n) is 3.55. The van der Waals surface area contributed by atoms with E-state index in [1.807, 2.05) is 24.4 Å². The number of allylic oxidation sites excluding steroid dienone is 1. The summed E-state index contributed by atoms with van der Waals surface area (Å²) in [6.07, 6.45) is 6.24. The average Bonchev–Trinajstić information content (AvgIpc) is 3.47. The van der Waals surface area contributed by atoms with Crippen LogP contribution in [0.3, 0.4) is 0 Å². The molecule has 26 heavy (non-hydrogen) atoms. The molecule has 0 aliphatic heterocycles.